The number of hydrogen-bond donors (Lipinski definition) is 2. The lowest BCUT2D eigenvalue weighted by atomic mass is 10.00. The molecule has 3 aromatic rings. The van der Waals surface area contributed by atoms with Gasteiger partial charge in [0.05, 0.1) is 11.1 Å². The van der Waals surface area contributed by atoms with Crippen LogP contribution in [-0.2, 0) is 0 Å². The molecular formula is C22H20N2O4. The number of carbonyl (C=O) groups excluding carboxylic acids is 2. The maximum Gasteiger partial charge on any atom is 0.343 e. The van der Waals surface area contributed by atoms with Gasteiger partial charge in [0.15, 0.2) is 0 Å². The summed E-state index contributed by atoms with van der Waals surface area (Å²) in [4.78, 5) is 25.0. The molecule has 3 aromatic carbocycles. The molecule has 142 valence electrons. The van der Waals surface area contributed by atoms with E-state index in [1.54, 1.807) is 74.5 Å². The molecule has 4 N–H and O–H groups in total. The fraction of sp³-hybridized carbons (Fsp3) is 0.0909. The fourth-order valence-electron chi connectivity index (χ4n) is 2.65. The van der Waals surface area contributed by atoms with Crippen molar-refractivity contribution in [1.82, 2.24) is 0 Å². The summed E-state index contributed by atoms with van der Waals surface area (Å²) >= 11 is 0. The maximum atomic E-state index is 12.5. The minimum Gasteiger partial charge on any atom is -0.423 e. The Balaban J connectivity index is 1.79. The van der Waals surface area contributed by atoms with Crippen molar-refractivity contribution in [2.24, 2.45) is 0 Å². The number of nitrogens with two attached hydrogens (primary N) is 2. The Morgan fingerprint density at radius 2 is 0.964 bits per heavy atom. The number of rotatable bonds is 4. The predicted molar refractivity (Wildman–Crippen MR) is 108 cm³/mol. The summed E-state index contributed by atoms with van der Waals surface area (Å²) < 4.78 is 10.8. The zero-order valence-corrected chi connectivity index (χ0v) is 15.6. The molecule has 28 heavy (non-hydrogen) atoms. The molecule has 0 radical (unpaired) electrons. The van der Waals surface area contributed by atoms with E-state index in [0.717, 1.165) is 0 Å². The average molecular weight is 376 g/mol. The predicted octanol–water partition coefficient (Wildman–Crippen LogP) is 3.91. The van der Waals surface area contributed by atoms with Crippen LogP contribution in [0.4, 0.5) is 11.4 Å². The minimum atomic E-state index is -0.510. The largest absolute Gasteiger partial charge is 0.423 e. The van der Waals surface area contributed by atoms with Crippen molar-refractivity contribution in [3.05, 3.63) is 82.9 Å². The van der Waals surface area contributed by atoms with Crippen LogP contribution in [0.15, 0.2) is 60.7 Å². The van der Waals surface area contributed by atoms with Crippen molar-refractivity contribution >= 4 is 23.3 Å². The van der Waals surface area contributed by atoms with Gasteiger partial charge < -0.3 is 20.9 Å². The second kappa shape index (κ2) is 7.84. The van der Waals surface area contributed by atoms with Gasteiger partial charge in [0.2, 0.25) is 0 Å². The highest BCUT2D eigenvalue weighted by Gasteiger charge is 2.18. The summed E-state index contributed by atoms with van der Waals surface area (Å²) in [6.45, 7) is 3.47. The first-order valence-electron chi connectivity index (χ1n) is 8.60. The molecule has 0 spiro atoms. The highest BCUT2D eigenvalue weighted by Crippen LogP contribution is 2.22. The van der Waals surface area contributed by atoms with Crippen molar-refractivity contribution in [2.75, 3.05) is 11.5 Å². The van der Waals surface area contributed by atoms with Gasteiger partial charge in [0.25, 0.3) is 0 Å². The van der Waals surface area contributed by atoms with Crippen LogP contribution < -0.4 is 20.9 Å². The number of nitrogen functional groups attached to an aromatic ring is 2. The number of aryl methyl sites for hydroxylation is 2. The van der Waals surface area contributed by atoms with Crippen molar-refractivity contribution in [2.45, 2.75) is 13.8 Å². The van der Waals surface area contributed by atoms with Crippen LogP contribution in [0.1, 0.15) is 31.8 Å². The van der Waals surface area contributed by atoms with Crippen LogP contribution in [-0.4, -0.2) is 11.9 Å². The lowest BCUT2D eigenvalue weighted by Gasteiger charge is -2.12. The summed E-state index contributed by atoms with van der Waals surface area (Å²) in [5.74, 6) is -0.237. The molecule has 0 unspecified atom stereocenters. The molecular weight excluding hydrogens is 356 g/mol. The summed E-state index contributed by atoms with van der Waals surface area (Å²) in [5.41, 5.74) is 14.4. The summed E-state index contributed by atoms with van der Waals surface area (Å²) in [6.07, 6.45) is 0. The molecule has 6 heteroatoms. The Labute approximate surface area is 162 Å². The van der Waals surface area contributed by atoms with Crippen LogP contribution >= 0.6 is 0 Å². The number of carbonyl (C=O) groups is 2. The Morgan fingerprint density at radius 3 is 1.29 bits per heavy atom. The molecule has 0 heterocycles. The summed E-state index contributed by atoms with van der Waals surface area (Å²) in [6, 6.07) is 16.3. The maximum absolute atomic E-state index is 12.5. The zero-order chi connectivity index (χ0) is 20.3. The van der Waals surface area contributed by atoms with Crippen LogP contribution in [0.2, 0.25) is 0 Å². The van der Waals surface area contributed by atoms with E-state index in [0.29, 0.717) is 45.1 Å². The van der Waals surface area contributed by atoms with E-state index < -0.39 is 11.9 Å². The highest BCUT2D eigenvalue weighted by atomic mass is 16.5. The van der Waals surface area contributed by atoms with E-state index in [9.17, 15) is 9.59 Å². The van der Waals surface area contributed by atoms with Gasteiger partial charge in [0.1, 0.15) is 11.5 Å². The normalized spacial score (nSPS) is 10.4. The average Bonchev–Trinajstić information content (AvgIpc) is 2.66. The second-order valence-electron chi connectivity index (χ2n) is 6.40. The number of anilines is 2. The van der Waals surface area contributed by atoms with Crippen molar-refractivity contribution in [1.29, 1.82) is 0 Å². The van der Waals surface area contributed by atoms with E-state index in [1.165, 1.54) is 0 Å². The van der Waals surface area contributed by atoms with Gasteiger partial charge in [-0.3, -0.25) is 0 Å². The Kier molecular flexibility index (Phi) is 5.31. The number of hydrogen-bond acceptors (Lipinski definition) is 6. The van der Waals surface area contributed by atoms with Crippen LogP contribution in [0, 0.1) is 13.8 Å². The van der Waals surface area contributed by atoms with Crippen molar-refractivity contribution < 1.29 is 19.1 Å². The molecule has 0 aromatic heterocycles. The number of benzene rings is 3. The molecule has 0 saturated heterocycles. The first kappa shape index (κ1) is 19.0. The van der Waals surface area contributed by atoms with Gasteiger partial charge in [-0.05, 0) is 85.6 Å². The smallest absolute Gasteiger partial charge is 0.343 e. The first-order chi connectivity index (χ1) is 13.3. The van der Waals surface area contributed by atoms with Gasteiger partial charge in [-0.2, -0.15) is 0 Å². The van der Waals surface area contributed by atoms with E-state index >= 15 is 0 Å². The molecule has 3 rings (SSSR count). The monoisotopic (exact) mass is 376 g/mol. The van der Waals surface area contributed by atoms with Gasteiger partial charge in [-0.15, -0.1) is 0 Å². The standard InChI is InChI=1S/C22H20N2O4/c1-13-11-20(22(26)28-18-9-5-16(24)6-10-18)14(2)12-19(13)21(25)27-17-7-3-15(23)4-8-17/h3-12H,23-24H2,1-2H3. The third-order valence-electron chi connectivity index (χ3n) is 4.19. The quantitative estimate of drug-likeness (QED) is 0.406. The van der Waals surface area contributed by atoms with Gasteiger partial charge in [-0.1, -0.05) is 0 Å². The zero-order valence-electron chi connectivity index (χ0n) is 15.6. The molecule has 0 fully saturated rings. The lowest BCUT2D eigenvalue weighted by Crippen LogP contribution is -2.15. The Bertz CT molecular complexity index is 940. The number of esters is 2. The molecule has 0 amide bonds. The summed E-state index contributed by atoms with van der Waals surface area (Å²) in [5, 5.41) is 0. The molecule has 0 bridgehead atoms. The van der Waals surface area contributed by atoms with Gasteiger partial charge >= 0.3 is 11.9 Å². The van der Waals surface area contributed by atoms with Crippen LogP contribution in [0.5, 0.6) is 11.5 Å². The Morgan fingerprint density at radius 1 is 0.643 bits per heavy atom. The number of ether oxygens (including phenoxy) is 2. The molecule has 0 atom stereocenters. The van der Waals surface area contributed by atoms with Crippen molar-refractivity contribution in [3.8, 4) is 11.5 Å². The van der Waals surface area contributed by atoms with E-state index in [-0.39, 0.29) is 0 Å². The Hall–Kier alpha value is -3.80. The topological polar surface area (TPSA) is 105 Å². The first-order valence-corrected chi connectivity index (χ1v) is 8.60. The summed E-state index contributed by atoms with van der Waals surface area (Å²) in [7, 11) is 0. The lowest BCUT2D eigenvalue weighted by molar-refractivity contribution is 0.0719. The molecule has 0 aliphatic carbocycles. The van der Waals surface area contributed by atoms with Crippen LogP contribution in [0.3, 0.4) is 0 Å². The van der Waals surface area contributed by atoms with E-state index in [2.05, 4.69) is 0 Å². The van der Waals surface area contributed by atoms with E-state index in [1.807, 2.05) is 0 Å². The van der Waals surface area contributed by atoms with E-state index in [4.69, 9.17) is 20.9 Å². The molecule has 0 aliphatic rings. The second-order valence-corrected chi connectivity index (χ2v) is 6.40. The molecule has 0 aliphatic heterocycles. The van der Waals surface area contributed by atoms with Crippen LogP contribution in [0.25, 0.3) is 0 Å². The molecule has 0 saturated carbocycles. The SMILES string of the molecule is Cc1cc(C(=O)Oc2ccc(N)cc2)c(C)cc1C(=O)Oc1ccc(N)cc1. The fourth-order valence-corrected chi connectivity index (χ4v) is 2.65. The minimum absolute atomic E-state index is 0.373. The molecule has 6 nitrogen and oxygen atoms in total. The van der Waals surface area contributed by atoms with Gasteiger partial charge in [0, 0.05) is 11.4 Å². The van der Waals surface area contributed by atoms with Crippen molar-refractivity contribution in [3.63, 3.8) is 0 Å². The third-order valence-corrected chi connectivity index (χ3v) is 4.19. The highest BCUT2D eigenvalue weighted by molar-refractivity contribution is 5.97. The third kappa shape index (κ3) is 4.29. The van der Waals surface area contributed by atoms with Gasteiger partial charge in [-0.25, -0.2) is 9.59 Å².